The minimum absolute atomic E-state index is 0.0898. The number of allylic oxidation sites excluding steroid dienone is 3. The van der Waals surface area contributed by atoms with E-state index < -0.39 is 0 Å². The van der Waals surface area contributed by atoms with E-state index in [0.29, 0.717) is 5.57 Å². The lowest BCUT2D eigenvalue weighted by atomic mass is 10.0. The van der Waals surface area contributed by atoms with E-state index in [1.54, 1.807) is 30.4 Å². The van der Waals surface area contributed by atoms with Gasteiger partial charge in [0.15, 0.2) is 11.5 Å². The molecule has 0 amide bonds. The van der Waals surface area contributed by atoms with Crippen molar-refractivity contribution in [2.24, 2.45) is 0 Å². The molecule has 0 bridgehead atoms. The van der Waals surface area contributed by atoms with E-state index in [2.05, 4.69) is 12.1 Å². The Morgan fingerprint density at radius 1 is 1.31 bits per heavy atom. The smallest absolute Gasteiger partial charge is 0.298 e. The summed E-state index contributed by atoms with van der Waals surface area (Å²) in [6.45, 7) is 0.264. The van der Waals surface area contributed by atoms with E-state index in [0.717, 1.165) is 23.4 Å². The maximum absolute atomic E-state index is 10.4. The van der Waals surface area contributed by atoms with Gasteiger partial charge >= 0.3 is 0 Å². The molecular weight excluding hydrogens is 328 g/mol. The number of benzene rings is 2. The number of carbonyl (C=O) groups excluding carboxylic acids is 1. The second kappa shape index (κ2) is 7.49. The number of nitriles is 1. The van der Waals surface area contributed by atoms with Gasteiger partial charge in [-0.05, 0) is 23.8 Å². The Balaban J connectivity index is 1.85. The highest BCUT2D eigenvalue weighted by Gasteiger charge is 2.28. The summed E-state index contributed by atoms with van der Waals surface area (Å²) in [5, 5.41) is 19.1. The molecule has 2 aromatic carbocycles. The topological polar surface area (TPSA) is 73.3 Å². The molecule has 5 heteroatoms. The van der Waals surface area contributed by atoms with Gasteiger partial charge in [-0.2, -0.15) is 9.84 Å². The van der Waals surface area contributed by atoms with Crippen LogP contribution in [-0.4, -0.2) is 28.9 Å². The third kappa shape index (κ3) is 3.40. The SMILES string of the molecule is C[N+]1=C(/C(C#N)=C/C=C/c2ccc(O)c(OC=O)c2)Cc2ccccc21. The number of nitrogens with zero attached hydrogens (tertiary/aromatic N) is 2. The van der Waals surface area contributed by atoms with Crippen LogP contribution in [0.1, 0.15) is 11.1 Å². The van der Waals surface area contributed by atoms with Crippen molar-refractivity contribution in [2.45, 2.75) is 6.42 Å². The molecule has 1 aliphatic heterocycles. The van der Waals surface area contributed by atoms with Crippen LogP contribution in [0.5, 0.6) is 11.5 Å². The van der Waals surface area contributed by atoms with Crippen molar-refractivity contribution in [1.82, 2.24) is 0 Å². The highest BCUT2D eigenvalue weighted by molar-refractivity contribution is 6.04. The molecule has 0 radical (unpaired) electrons. The molecule has 1 aliphatic rings. The molecule has 0 fully saturated rings. The van der Waals surface area contributed by atoms with Crippen molar-refractivity contribution in [3.8, 4) is 17.6 Å². The minimum Gasteiger partial charge on any atom is -0.504 e. The third-order valence-corrected chi connectivity index (χ3v) is 4.26. The van der Waals surface area contributed by atoms with Gasteiger partial charge in [0.1, 0.15) is 18.7 Å². The quantitative estimate of drug-likeness (QED) is 0.390. The Kier molecular flexibility index (Phi) is 4.95. The average Bonchev–Trinajstić information content (AvgIpc) is 2.98. The molecule has 26 heavy (non-hydrogen) atoms. The summed E-state index contributed by atoms with van der Waals surface area (Å²) in [6.07, 6.45) is 6.01. The number of hydrogen-bond donors (Lipinski definition) is 1. The summed E-state index contributed by atoms with van der Waals surface area (Å²) < 4.78 is 6.75. The number of phenols is 1. The van der Waals surface area contributed by atoms with Crippen molar-refractivity contribution in [2.75, 3.05) is 7.05 Å². The number of aromatic hydroxyl groups is 1. The van der Waals surface area contributed by atoms with Crippen LogP contribution in [-0.2, 0) is 11.2 Å². The van der Waals surface area contributed by atoms with Gasteiger partial charge in [-0.15, -0.1) is 0 Å². The monoisotopic (exact) mass is 345 g/mol. The van der Waals surface area contributed by atoms with Crippen molar-refractivity contribution in [3.05, 3.63) is 71.3 Å². The number of fused-ring (bicyclic) bond motifs is 1. The van der Waals surface area contributed by atoms with Crippen LogP contribution >= 0.6 is 0 Å². The van der Waals surface area contributed by atoms with Crippen molar-refractivity contribution in [1.29, 1.82) is 5.26 Å². The predicted molar refractivity (Wildman–Crippen MR) is 98.5 cm³/mol. The first-order valence-electron chi connectivity index (χ1n) is 8.03. The second-order valence-electron chi connectivity index (χ2n) is 5.80. The maximum Gasteiger partial charge on any atom is 0.298 e. The zero-order chi connectivity index (χ0) is 18.5. The molecule has 0 aliphatic carbocycles. The van der Waals surface area contributed by atoms with E-state index in [1.807, 2.05) is 29.8 Å². The fourth-order valence-corrected chi connectivity index (χ4v) is 2.94. The molecule has 1 heterocycles. The van der Waals surface area contributed by atoms with E-state index >= 15 is 0 Å². The largest absolute Gasteiger partial charge is 0.504 e. The lowest BCUT2D eigenvalue weighted by Gasteiger charge is -2.02. The molecule has 0 atom stereocenters. The van der Waals surface area contributed by atoms with Gasteiger partial charge in [-0.1, -0.05) is 36.4 Å². The Morgan fingerprint density at radius 3 is 2.85 bits per heavy atom. The average molecular weight is 345 g/mol. The van der Waals surface area contributed by atoms with Gasteiger partial charge in [-0.25, -0.2) is 0 Å². The summed E-state index contributed by atoms with van der Waals surface area (Å²) in [4.78, 5) is 10.4. The van der Waals surface area contributed by atoms with E-state index in [-0.39, 0.29) is 18.0 Å². The first-order valence-corrected chi connectivity index (χ1v) is 8.03. The second-order valence-corrected chi connectivity index (χ2v) is 5.80. The lowest BCUT2D eigenvalue weighted by Crippen LogP contribution is -2.10. The molecule has 5 nitrogen and oxygen atoms in total. The van der Waals surface area contributed by atoms with Crippen LogP contribution in [0.15, 0.2) is 60.2 Å². The van der Waals surface area contributed by atoms with Gasteiger partial charge in [-0.3, -0.25) is 4.79 Å². The summed E-state index contributed by atoms with van der Waals surface area (Å²) in [5.41, 5.74) is 4.59. The molecule has 0 aromatic heterocycles. The zero-order valence-corrected chi connectivity index (χ0v) is 14.2. The third-order valence-electron chi connectivity index (χ3n) is 4.26. The fourth-order valence-electron chi connectivity index (χ4n) is 2.94. The van der Waals surface area contributed by atoms with Gasteiger partial charge in [0.05, 0.1) is 6.42 Å². The predicted octanol–water partition coefficient (Wildman–Crippen LogP) is 3.36. The number of carbonyl (C=O) groups is 1. The Bertz CT molecular complexity index is 995. The van der Waals surface area contributed by atoms with Crippen molar-refractivity contribution < 1.29 is 19.2 Å². The van der Waals surface area contributed by atoms with Crippen LogP contribution in [0, 0.1) is 11.3 Å². The highest BCUT2D eigenvalue weighted by atomic mass is 16.5. The summed E-state index contributed by atoms with van der Waals surface area (Å²) in [6, 6.07) is 15.0. The number of para-hydroxylation sites is 1. The zero-order valence-electron chi connectivity index (χ0n) is 14.2. The molecule has 0 unspecified atom stereocenters. The number of phenolic OH excluding ortho intramolecular Hbond substituents is 1. The van der Waals surface area contributed by atoms with Crippen LogP contribution in [0.2, 0.25) is 0 Å². The minimum atomic E-state index is -0.108. The molecule has 1 N–H and O–H groups in total. The lowest BCUT2D eigenvalue weighted by molar-refractivity contribution is -0.401. The molecule has 0 saturated carbocycles. The van der Waals surface area contributed by atoms with Crippen molar-refractivity contribution >= 4 is 23.9 Å². The molecule has 0 saturated heterocycles. The highest BCUT2D eigenvalue weighted by Crippen LogP contribution is 2.28. The molecule has 0 spiro atoms. The van der Waals surface area contributed by atoms with E-state index in [4.69, 9.17) is 4.74 Å². The molecule has 2 aromatic rings. The van der Waals surface area contributed by atoms with Crippen LogP contribution < -0.4 is 4.74 Å². The first-order chi connectivity index (χ1) is 12.6. The molecule has 128 valence electrons. The number of hydrogen-bond acceptors (Lipinski definition) is 4. The summed E-state index contributed by atoms with van der Waals surface area (Å²) in [5.74, 6) is -0.0182. The Labute approximate surface area is 151 Å². The van der Waals surface area contributed by atoms with Gasteiger partial charge in [0, 0.05) is 11.6 Å². The molecule has 3 rings (SSSR count). The Hall–Kier alpha value is -3.65. The van der Waals surface area contributed by atoms with Crippen LogP contribution in [0.25, 0.3) is 6.08 Å². The summed E-state index contributed by atoms with van der Waals surface area (Å²) >= 11 is 0. The normalized spacial score (nSPS) is 13.6. The van der Waals surface area contributed by atoms with E-state index in [1.165, 1.54) is 11.6 Å². The van der Waals surface area contributed by atoms with Gasteiger partial charge < -0.3 is 9.84 Å². The van der Waals surface area contributed by atoms with Crippen LogP contribution in [0.4, 0.5) is 5.69 Å². The first kappa shape index (κ1) is 17.2. The Morgan fingerprint density at radius 2 is 2.12 bits per heavy atom. The van der Waals surface area contributed by atoms with Gasteiger partial charge in [0.2, 0.25) is 11.4 Å². The van der Waals surface area contributed by atoms with E-state index in [9.17, 15) is 15.2 Å². The number of ether oxygens (including phenoxy) is 1. The maximum atomic E-state index is 10.4. The summed E-state index contributed by atoms with van der Waals surface area (Å²) in [7, 11) is 1.96. The van der Waals surface area contributed by atoms with Crippen LogP contribution in [0.3, 0.4) is 0 Å². The standard InChI is InChI=1S/C21H16N2O3/c1-23-18-8-3-2-6-16(18)12-19(23)17(13-22)7-4-5-15-9-10-20(25)21(11-15)26-14-24/h2-11,14H,12H2,1H3/p+1. The molecular formula is C21H17N2O3+. The van der Waals surface area contributed by atoms with Gasteiger partial charge in [0.25, 0.3) is 6.47 Å². The fraction of sp³-hybridized carbons (Fsp3) is 0.0952. The van der Waals surface area contributed by atoms with Crippen molar-refractivity contribution in [3.63, 3.8) is 0 Å². The number of rotatable bonds is 5.